The van der Waals surface area contributed by atoms with Crippen LogP contribution in [-0.4, -0.2) is 4.98 Å². The van der Waals surface area contributed by atoms with E-state index in [4.69, 9.17) is 0 Å². The van der Waals surface area contributed by atoms with E-state index in [1.807, 2.05) is 42.1 Å². The number of aryl methyl sites for hydroxylation is 1. The van der Waals surface area contributed by atoms with Gasteiger partial charge in [-0.25, -0.2) is 4.57 Å². The number of nitrogens with zero attached hydrogens (tertiary/aromatic N) is 3. The van der Waals surface area contributed by atoms with Crippen LogP contribution in [0.5, 0.6) is 0 Å². The van der Waals surface area contributed by atoms with E-state index in [0.29, 0.717) is 0 Å². The lowest BCUT2D eigenvalue weighted by molar-refractivity contribution is -0.674. The van der Waals surface area contributed by atoms with Crippen molar-refractivity contribution in [3.63, 3.8) is 0 Å². The molecule has 0 aliphatic carbocycles. The van der Waals surface area contributed by atoms with Crippen molar-refractivity contribution in [2.24, 2.45) is 7.05 Å². The number of hydrogen-bond donors (Lipinski definition) is 0. The summed E-state index contributed by atoms with van der Waals surface area (Å²) in [5.41, 5.74) is 5.48. The summed E-state index contributed by atoms with van der Waals surface area (Å²) in [6, 6.07) is 31.4. The predicted octanol–water partition coefficient (Wildman–Crippen LogP) is 5.55. The second-order valence-corrected chi connectivity index (χ2v) is 6.58. The summed E-state index contributed by atoms with van der Waals surface area (Å²) >= 11 is 0. The van der Waals surface area contributed by atoms with Gasteiger partial charge in [-0.15, -0.1) is 0 Å². The molecule has 0 fully saturated rings. The van der Waals surface area contributed by atoms with Gasteiger partial charge in [-0.2, -0.15) is 0 Å². The highest BCUT2D eigenvalue weighted by Gasteiger charge is 2.11. The molecule has 3 nitrogen and oxygen atoms in total. The molecule has 1 aromatic heterocycles. The van der Waals surface area contributed by atoms with Crippen molar-refractivity contribution >= 4 is 29.2 Å². The molecule has 28 heavy (non-hydrogen) atoms. The summed E-state index contributed by atoms with van der Waals surface area (Å²) in [6.45, 7) is 0. The molecule has 4 aromatic rings. The SMILES string of the molecule is C[n+]1ccc(/C=C/c2ccc(N(c3ccccc3)c3ccccc3)cc2)nc1. The van der Waals surface area contributed by atoms with Crippen molar-refractivity contribution in [3.8, 4) is 0 Å². The normalized spacial score (nSPS) is 10.9. The second kappa shape index (κ2) is 8.31. The van der Waals surface area contributed by atoms with Crippen LogP contribution in [0.15, 0.2) is 104 Å². The van der Waals surface area contributed by atoms with Crippen LogP contribution in [0.4, 0.5) is 17.1 Å². The Morgan fingerprint density at radius 2 is 1.25 bits per heavy atom. The zero-order valence-electron chi connectivity index (χ0n) is 15.8. The van der Waals surface area contributed by atoms with Gasteiger partial charge in [-0.1, -0.05) is 54.6 Å². The largest absolute Gasteiger partial charge is 0.311 e. The van der Waals surface area contributed by atoms with Gasteiger partial charge in [0.1, 0.15) is 0 Å². The molecular weight excluding hydrogens is 342 g/mol. The Kier molecular flexibility index (Phi) is 5.25. The number of aromatic nitrogens is 2. The summed E-state index contributed by atoms with van der Waals surface area (Å²) in [5, 5.41) is 0. The van der Waals surface area contributed by atoms with Gasteiger partial charge in [0.05, 0.1) is 13.2 Å². The molecule has 4 rings (SSSR count). The summed E-state index contributed by atoms with van der Waals surface area (Å²) in [6.07, 6.45) is 7.91. The van der Waals surface area contributed by atoms with Gasteiger partial charge in [-0.3, -0.25) is 0 Å². The molecule has 0 amide bonds. The summed E-state index contributed by atoms with van der Waals surface area (Å²) in [5.74, 6) is 0. The third-order valence-corrected chi connectivity index (χ3v) is 4.50. The predicted molar refractivity (Wildman–Crippen MR) is 115 cm³/mol. The average Bonchev–Trinajstić information content (AvgIpc) is 2.76. The van der Waals surface area contributed by atoms with E-state index < -0.39 is 0 Å². The maximum absolute atomic E-state index is 4.39. The third-order valence-electron chi connectivity index (χ3n) is 4.50. The van der Waals surface area contributed by atoms with Gasteiger partial charge in [0.2, 0.25) is 0 Å². The Hall–Kier alpha value is -3.72. The van der Waals surface area contributed by atoms with E-state index in [-0.39, 0.29) is 0 Å². The van der Waals surface area contributed by atoms with Crippen molar-refractivity contribution in [3.05, 3.63) is 115 Å². The first kappa shape index (κ1) is 17.7. The molecule has 0 aliphatic rings. The highest BCUT2D eigenvalue weighted by Crippen LogP contribution is 2.34. The minimum Gasteiger partial charge on any atom is -0.311 e. The lowest BCUT2D eigenvalue weighted by Gasteiger charge is -2.25. The molecule has 0 saturated heterocycles. The molecular formula is C25H22N3+. The molecule has 0 radical (unpaired) electrons. The molecule has 0 N–H and O–H groups in total. The molecule has 0 aliphatic heterocycles. The Morgan fingerprint density at radius 3 is 1.79 bits per heavy atom. The smallest absolute Gasteiger partial charge is 0.286 e. The maximum atomic E-state index is 4.39. The summed E-state index contributed by atoms with van der Waals surface area (Å²) in [4.78, 5) is 6.64. The standard InChI is InChI=1S/C25H22N3/c1-27-19-18-22(26-20-27)15-12-21-13-16-25(17-14-21)28(23-8-4-2-5-9-23)24-10-6-3-7-11-24/h2-20H,1H3/q+1. The molecule has 3 heteroatoms. The number of rotatable bonds is 5. The third kappa shape index (κ3) is 4.15. The van der Waals surface area contributed by atoms with Gasteiger partial charge >= 0.3 is 0 Å². The highest BCUT2D eigenvalue weighted by atomic mass is 15.1. The monoisotopic (exact) mass is 364 g/mol. The van der Waals surface area contributed by atoms with Gasteiger partial charge in [0, 0.05) is 23.1 Å². The van der Waals surface area contributed by atoms with E-state index >= 15 is 0 Å². The van der Waals surface area contributed by atoms with Crippen LogP contribution in [-0.2, 0) is 7.05 Å². The first-order valence-electron chi connectivity index (χ1n) is 9.29. The van der Waals surface area contributed by atoms with Gasteiger partial charge in [0.15, 0.2) is 5.69 Å². The van der Waals surface area contributed by atoms with Crippen molar-refractivity contribution in [1.29, 1.82) is 0 Å². The molecule has 1 heterocycles. The van der Waals surface area contributed by atoms with Crippen LogP contribution >= 0.6 is 0 Å². The van der Waals surface area contributed by atoms with Crippen LogP contribution in [0, 0.1) is 0 Å². The first-order chi connectivity index (χ1) is 13.8. The minimum absolute atomic E-state index is 0.942. The van der Waals surface area contributed by atoms with E-state index in [9.17, 15) is 0 Å². The quantitative estimate of drug-likeness (QED) is 0.433. The number of hydrogen-bond acceptors (Lipinski definition) is 2. The van der Waals surface area contributed by atoms with Gasteiger partial charge in [0.25, 0.3) is 6.33 Å². The molecule has 0 saturated carbocycles. The zero-order valence-corrected chi connectivity index (χ0v) is 15.8. The molecule has 0 spiro atoms. The molecule has 0 atom stereocenters. The molecule has 0 bridgehead atoms. The maximum Gasteiger partial charge on any atom is 0.286 e. The lowest BCUT2D eigenvalue weighted by Crippen LogP contribution is -2.27. The van der Waals surface area contributed by atoms with Crippen molar-refractivity contribution < 1.29 is 4.57 Å². The van der Waals surface area contributed by atoms with E-state index in [0.717, 1.165) is 28.3 Å². The number of anilines is 3. The van der Waals surface area contributed by atoms with Crippen LogP contribution in [0.1, 0.15) is 11.3 Å². The Bertz CT molecular complexity index is 999. The number of para-hydroxylation sites is 2. The highest BCUT2D eigenvalue weighted by molar-refractivity contribution is 5.77. The van der Waals surface area contributed by atoms with Crippen molar-refractivity contribution in [2.75, 3.05) is 4.90 Å². The Labute approximate surface area is 165 Å². The Morgan fingerprint density at radius 1 is 0.679 bits per heavy atom. The number of benzene rings is 3. The van der Waals surface area contributed by atoms with Crippen LogP contribution in [0.3, 0.4) is 0 Å². The molecule has 136 valence electrons. The van der Waals surface area contributed by atoms with Gasteiger partial charge in [-0.05, 0) is 53.0 Å². The Balaban J connectivity index is 1.62. The average molecular weight is 364 g/mol. The zero-order chi connectivity index (χ0) is 19.2. The summed E-state index contributed by atoms with van der Waals surface area (Å²) < 4.78 is 1.92. The fraction of sp³-hybridized carbons (Fsp3) is 0.0400. The van der Waals surface area contributed by atoms with Crippen LogP contribution in [0.25, 0.3) is 12.2 Å². The first-order valence-corrected chi connectivity index (χ1v) is 9.29. The minimum atomic E-state index is 0.942. The van der Waals surface area contributed by atoms with E-state index in [2.05, 4.69) is 88.8 Å². The van der Waals surface area contributed by atoms with Crippen molar-refractivity contribution in [1.82, 2.24) is 4.98 Å². The van der Waals surface area contributed by atoms with Crippen LogP contribution < -0.4 is 9.47 Å². The van der Waals surface area contributed by atoms with E-state index in [1.165, 1.54) is 0 Å². The molecule has 3 aromatic carbocycles. The van der Waals surface area contributed by atoms with Gasteiger partial charge < -0.3 is 4.90 Å². The fourth-order valence-electron chi connectivity index (χ4n) is 3.05. The fourth-order valence-corrected chi connectivity index (χ4v) is 3.05. The van der Waals surface area contributed by atoms with Crippen LogP contribution in [0.2, 0.25) is 0 Å². The topological polar surface area (TPSA) is 20.0 Å². The summed E-state index contributed by atoms with van der Waals surface area (Å²) in [7, 11) is 1.96. The van der Waals surface area contributed by atoms with E-state index in [1.54, 1.807) is 6.33 Å². The molecule has 0 unspecified atom stereocenters. The lowest BCUT2D eigenvalue weighted by atomic mass is 10.1. The van der Waals surface area contributed by atoms with Crippen molar-refractivity contribution in [2.45, 2.75) is 0 Å². The second-order valence-electron chi connectivity index (χ2n) is 6.58.